The number of ether oxygens (including phenoxy) is 3. The topological polar surface area (TPSA) is 85.9 Å². The quantitative estimate of drug-likeness (QED) is 0.570. The van der Waals surface area contributed by atoms with Crippen LogP contribution in [0.1, 0.15) is 21.5 Å². The van der Waals surface area contributed by atoms with E-state index < -0.39 is 11.8 Å². The van der Waals surface area contributed by atoms with Crippen molar-refractivity contribution in [3.8, 4) is 17.2 Å². The maximum absolute atomic E-state index is 12.3. The number of carbonyl (C=O) groups excluding carboxylic acids is 2. The first-order valence-corrected chi connectivity index (χ1v) is 8.62. The highest BCUT2D eigenvalue weighted by Gasteiger charge is 2.17. The summed E-state index contributed by atoms with van der Waals surface area (Å²) >= 11 is 6.05. The van der Waals surface area contributed by atoms with Gasteiger partial charge in [-0.2, -0.15) is 0 Å². The standard InChI is InChI=1S/C20H21ClN2O5/c1-12-5-6-13(9-15(12)21)7-8-18(24)22-23-20(25)14-10-16(26-2)19(28-4)17(11-14)27-3/h5-11H,1-4H3,(H,22,24)(H,23,25)/b8-7+. The summed E-state index contributed by atoms with van der Waals surface area (Å²) in [6.07, 6.45) is 2.88. The number of carbonyl (C=O) groups is 2. The van der Waals surface area contributed by atoms with Crippen LogP contribution in [-0.4, -0.2) is 33.1 Å². The maximum atomic E-state index is 12.3. The molecule has 28 heavy (non-hydrogen) atoms. The predicted molar refractivity (Wildman–Crippen MR) is 107 cm³/mol. The molecule has 0 atom stereocenters. The van der Waals surface area contributed by atoms with Crippen LogP contribution in [0.5, 0.6) is 17.2 Å². The number of benzene rings is 2. The number of methoxy groups -OCH3 is 3. The van der Waals surface area contributed by atoms with Crippen molar-refractivity contribution in [1.82, 2.24) is 10.9 Å². The van der Waals surface area contributed by atoms with Crippen LogP contribution in [-0.2, 0) is 4.79 Å². The molecule has 7 nitrogen and oxygen atoms in total. The van der Waals surface area contributed by atoms with E-state index in [4.69, 9.17) is 25.8 Å². The van der Waals surface area contributed by atoms with E-state index in [1.165, 1.54) is 39.5 Å². The van der Waals surface area contributed by atoms with Crippen molar-refractivity contribution in [1.29, 1.82) is 0 Å². The van der Waals surface area contributed by atoms with Crippen LogP contribution in [0.2, 0.25) is 5.02 Å². The lowest BCUT2D eigenvalue weighted by Crippen LogP contribution is -2.40. The van der Waals surface area contributed by atoms with Gasteiger partial charge in [-0.15, -0.1) is 0 Å². The van der Waals surface area contributed by atoms with Gasteiger partial charge in [0, 0.05) is 16.7 Å². The summed E-state index contributed by atoms with van der Waals surface area (Å²) in [6, 6.07) is 8.39. The second-order valence-corrected chi connectivity index (χ2v) is 6.11. The Balaban J connectivity index is 2.04. The molecule has 0 aromatic heterocycles. The molecule has 0 bridgehead atoms. The third-order valence-corrected chi connectivity index (χ3v) is 4.26. The fourth-order valence-electron chi connectivity index (χ4n) is 2.33. The molecule has 0 radical (unpaired) electrons. The molecule has 0 spiro atoms. The number of aryl methyl sites for hydroxylation is 1. The van der Waals surface area contributed by atoms with Crippen molar-refractivity contribution < 1.29 is 23.8 Å². The van der Waals surface area contributed by atoms with Gasteiger partial charge in [-0.3, -0.25) is 20.4 Å². The van der Waals surface area contributed by atoms with Gasteiger partial charge in [0.15, 0.2) is 11.5 Å². The first-order valence-electron chi connectivity index (χ1n) is 8.24. The number of nitrogens with one attached hydrogen (secondary N) is 2. The Morgan fingerprint density at radius 3 is 2.14 bits per heavy atom. The van der Waals surface area contributed by atoms with Crippen molar-refractivity contribution in [2.45, 2.75) is 6.92 Å². The zero-order chi connectivity index (χ0) is 20.7. The molecule has 2 N–H and O–H groups in total. The molecule has 2 amide bonds. The first kappa shape index (κ1) is 21.1. The minimum atomic E-state index is -0.542. The number of hydrogen-bond donors (Lipinski definition) is 2. The highest BCUT2D eigenvalue weighted by molar-refractivity contribution is 6.31. The zero-order valence-electron chi connectivity index (χ0n) is 16.0. The summed E-state index contributed by atoms with van der Waals surface area (Å²) in [6.45, 7) is 1.89. The van der Waals surface area contributed by atoms with E-state index in [-0.39, 0.29) is 5.56 Å². The average molecular weight is 405 g/mol. The molecule has 0 fully saturated rings. The molecule has 2 aromatic rings. The molecule has 0 saturated carbocycles. The number of hydrogen-bond acceptors (Lipinski definition) is 5. The molecule has 2 aromatic carbocycles. The van der Waals surface area contributed by atoms with E-state index >= 15 is 0 Å². The lowest BCUT2D eigenvalue weighted by Gasteiger charge is -2.14. The smallest absolute Gasteiger partial charge is 0.269 e. The minimum Gasteiger partial charge on any atom is -0.493 e. The second-order valence-electron chi connectivity index (χ2n) is 5.70. The Morgan fingerprint density at radius 2 is 1.61 bits per heavy atom. The maximum Gasteiger partial charge on any atom is 0.269 e. The Hall–Kier alpha value is -3.19. The van der Waals surface area contributed by atoms with Gasteiger partial charge in [-0.25, -0.2) is 0 Å². The van der Waals surface area contributed by atoms with Gasteiger partial charge in [-0.1, -0.05) is 23.7 Å². The summed E-state index contributed by atoms with van der Waals surface area (Å²) in [7, 11) is 4.36. The molecule has 0 saturated heterocycles. The van der Waals surface area contributed by atoms with Gasteiger partial charge in [-0.05, 0) is 42.3 Å². The van der Waals surface area contributed by atoms with Crippen LogP contribution in [0.3, 0.4) is 0 Å². The zero-order valence-corrected chi connectivity index (χ0v) is 16.7. The van der Waals surface area contributed by atoms with Crippen LogP contribution >= 0.6 is 11.6 Å². The first-order chi connectivity index (χ1) is 13.4. The summed E-state index contributed by atoms with van der Waals surface area (Å²) in [5, 5.41) is 0.610. The van der Waals surface area contributed by atoms with Crippen LogP contribution in [0.15, 0.2) is 36.4 Å². The van der Waals surface area contributed by atoms with Crippen LogP contribution in [0.4, 0.5) is 0 Å². The van der Waals surface area contributed by atoms with Gasteiger partial charge in [0.05, 0.1) is 21.3 Å². The molecule has 148 valence electrons. The molecular weight excluding hydrogens is 384 g/mol. The second kappa shape index (κ2) is 9.66. The van der Waals surface area contributed by atoms with Gasteiger partial charge >= 0.3 is 0 Å². The lowest BCUT2D eigenvalue weighted by atomic mass is 10.1. The highest BCUT2D eigenvalue weighted by atomic mass is 35.5. The third kappa shape index (κ3) is 5.17. The fraction of sp³-hybridized carbons (Fsp3) is 0.200. The summed E-state index contributed by atoms with van der Waals surface area (Å²) in [5.74, 6) is -0.0221. The van der Waals surface area contributed by atoms with Crippen molar-refractivity contribution in [2.75, 3.05) is 21.3 Å². The van der Waals surface area contributed by atoms with Crippen LogP contribution in [0, 0.1) is 6.92 Å². The average Bonchev–Trinajstić information content (AvgIpc) is 2.71. The van der Waals surface area contributed by atoms with Crippen LogP contribution in [0.25, 0.3) is 6.08 Å². The van der Waals surface area contributed by atoms with Crippen LogP contribution < -0.4 is 25.1 Å². The predicted octanol–water partition coefficient (Wildman–Crippen LogP) is 3.15. The van der Waals surface area contributed by atoms with E-state index in [1.807, 2.05) is 19.1 Å². The molecule has 8 heteroatoms. The fourth-order valence-corrected chi connectivity index (χ4v) is 2.52. The number of hydrazine groups is 1. The summed E-state index contributed by atoms with van der Waals surface area (Å²) in [4.78, 5) is 24.3. The molecule has 2 rings (SSSR count). The molecule has 0 heterocycles. The molecule has 0 aliphatic rings. The third-order valence-electron chi connectivity index (χ3n) is 3.85. The Labute approximate surface area is 168 Å². The Morgan fingerprint density at radius 1 is 0.964 bits per heavy atom. The van der Waals surface area contributed by atoms with E-state index in [0.29, 0.717) is 22.3 Å². The van der Waals surface area contributed by atoms with E-state index in [0.717, 1.165) is 11.1 Å². The van der Waals surface area contributed by atoms with Gasteiger partial charge in [0.25, 0.3) is 11.8 Å². The SMILES string of the molecule is COc1cc(C(=O)NNC(=O)/C=C/c2ccc(C)c(Cl)c2)cc(OC)c1OC. The molecule has 0 unspecified atom stereocenters. The van der Waals surface area contributed by atoms with Crippen molar-refractivity contribution in [3.05, 3.63) is 58.1 Å². The number of amides is 2. The van der Waals surface area contributed by atoms with Gasteiger partial charge < -0.3 is 14.2 Å². The normalized spacial score (nSPS) is 10.5. The largest absolute Gasteiger partial charge is 0.493 e. The monoisotopic (exact) mass is 404 g/mol. The summed E-state index contributed by atoms with van der Waals surface area (Å²) in [5.41, 5.74) is 6.57. The van der Waals surface area contributed by atoms with E-state index in [1.54, 1.807) is 12.1 Å². The van der Waals surface area contributed by atoms with Gasteiger partial charge in [0.2, 0.25) is 5.75 Å². The van der Waals surface area contributed by atoms with Crippen molar-refractivity contribution in [3.63, 3.8) is 0 Å². The highest BCUT2D eigenvalue weighted by Crippen LogP contribution is 2.38. The molecule has 0 aliphatic carbocycles. The lowest BCUT2D eigenvalue weighted by molar-refractivity contribution is -0.117. The number of halogens is 1. The Bertz CT molecular complexity index is 886. The van der Waals surface area contributed by atoms with E-state index in [9.17, 15) is 9.59 Å². The van der Waals surface area contributed by atoms with E-state index in [2.05, 4.69) is 10.9 Å². The van der Waals surface area contributed by atoms with Gasteiger partial charge in [0.1, 0.15) is 0 Å². The number of rotatable bonds is 6. The minimum absolute atomic E-state index is 0.226. The molecule has 0 aliphatic heterocycles. The Kier molecular flexibility index (Phi) is 7.28. The van der Waals surface area contributed by atoms with Crippen molar-refractivity contribution >= 4 is 29.5 Å². The molecular formula is C20H21ClN2O5. The summed E-state index contributed by atoms with van der Waals surface area (Å²) < 4.78 is 15.6. The van der Waals surface area contributed by atoms with Crippen molar-refractivity contribution in [2.24, 2.45) is 0 Å².